The van der Waals surface area contributed by atoms with Gasteiger partial charge in [0, 0.05) is 16.8 Å². The van der Waals surface area contributed by atoms with E-state index in [9.17, 15) is 0 Å². The molecule has 1 rings (SSSR count). The van der Waals surface area contributed by atoms with Crippen LogP contribution in [0.15, 0.2) is 18.2 Å². The highest BCUT2D eigenvalue weighted by Gasteiger charge is 2.06. The zero-order valence-corrected chi connectivity index (χ0v) is 12.1. The Morgan fingerprint density at radius 3 is 2.59 bits per heavy atom. The van der Waals surface area contributed by atoms with Gasteiger partial charge in [0.25, 0.3) is 0 Å². The summed E-state index contributed by atoms with van der Waals surface area (Å²) in [6.45, 7) is 6.32. The third-order valence-corrected chi connectivity index (χ3v) is 3.22. The van der Waals surface area contributed by atoms with Gasteiger partial charge in [0.2, 0.25) is 0 Å². The normalized spacial score (nSPS) is 10.4. The van der Waals surface area contributed by atoms with E-state index in [-0.39, 0.29) is 0 Å². The molecule has 4 heteroatoms. The van der Waals surface area contributed by atoms with Crippen LogP contribution in [0.5, 0.6) is 0 Å². The van der Waals surface area contributed by atoms with Gasteiger partial charge in [-0.3, -0.25) is 0 Å². The molecule has 1 aromatic rings. The molecule has 0 atom stereocenters. The van der Waals surface area contributed by atoms with Crippen molar-refractivity contribution in [2.45, 2.75) is 39.7 Å². The van der Waals surface area contributed by atoms with Crippen LogP contribution in [0.25, 0.3) is 0 Å². The zero-order chi connectivity index (χ0) is 12.8. The summed E-state index contributed by atoms with van der Waals surface area (Å²) < 4.78 is 0. The van der Waals surface area contributed by atoms with Crippen LogP contribution in [0.4, 0.5) is 5.69 Å². The van der Waals surface area contributed by atoms with Crippen molar-refractivity contribution in [3.05, 3.63) is 28.8 Å². The molecule has 0 aliphatic carbocycles. The predicted molar refractivity (Wildman–Crippen MR) is 79.9 cm³/mol. The van der Waals surface area contributed by atoms with E-state index in [0.29, 0.717) is 16.2 Å². The molecule has 0 radical (unpaired) electrons. The average Bonchev–Trinajstić information content (AvgIpc) is 2.31. The summed E-state index contributed by atoms with van der Waals surface area (Å²) >= 11 is 11.2. The Labute approximate surface area is 114 Å². The molecule has 0 bridgehead atoms. The Balaban J connectivity index is 2.64. The maximum Gasteiger partial charge on any atom is 0.171 e. The van der Waals surface area contributed by atoms with Gasteiger partial charge in [-0.25, -0.2) is 0 Å². The number of halogens is 1. The largest absolute Gasteiger partial charge is 0.360 e. The second-order valence-electron chi connectivity index (χ2n) is 4.07. The molecule has 0 spiro atoms. The summed E-state index contributed by atoms with van der Waals surface area (Å²) in [7, 11) is 0. The van der Waals surface area contributed by atoms with Crippen LogP contribution in [-0.4, -0.2) is 11.2 Å². The molecular formula is C13H19ClN2S. The number of nitrogens with one attached hydrogen (secondary N) is 2. The molecule has 0 heterocycles. The van der Waals surface area contributed by atoms with E-state index in [0.717, 1.165) is 24.1 Å². The summed E-state index contributed by atoms with van der Waals surface area (Å²) in [5.74, 6) is 0. The molecular weight excluding hydrogens is 252 g/mol. The highest BCUT2D eigenvalue weighted by atomic mass is 35.5. The molecule has 0 saturated carbocycles. The molecule has 17 heavy (non-hydrogen) atoms. The highest BCUT2D eigenvalue weighted by Crippen LogP contribution is 2.20. The van der Waals surface area contributed by atoms with E-state index < -0.39 is 0 Å². The van der Waals surface area contributed by atoms with Gasteiger partial charge in [-0.1, -0.05) is 31.5 Å². The van der Waals surface area contributed by atoms with E-state index >= 15 is 0 Å². The van der Waals surface area contributed by atoms with Gasteiger partial charge in [-0.05, 0) is 49.7 Å². The first kappa shape index (κ1) is 14.3. The van der Waals surface area contributed by atoms with Gasteiger partial charge in [-0.2, -0.15) is 0 Å². The van der Waals surface area contributed by atoms with Crippen molar-refractivity contribution >= 4 is 34.6 Å². The van der Waals surface area contributed by atoms with Crippen molar-refractivity contribution in [1.82, 2.24) is 5.32 Å². The molecule has 0 fully saturated rings. The van der Waals surface area contributed by atoms with Crippen LogP contribution >= 0.6 is 23.8 Å². The summed E-state index contributed by atoms with van der Waals surface area (Å²) in [5, 5.41) is 7.84. The first-order valence-corrected chi connectivity index (χ1v) is 6.69. The van der Waals surface area contributed by atoms with Gasteiger partial charge >= 0.3 is 0 Å². The van der Waals surface area contributed by atoms with Crippen LogP contribution in [0, 0.1) is 6.92 Å². The molecule has 0 unspecified atom stereocenters. The van der Waals surface area contributed by atoms with E-state index in [4.69, 9.17) is 23.8 Å². The minimum Gasteiger partial charge on any atom is -0.360 e. The van der Waals surface area contributed by atoms with E-state index in [1.807, 2.05) is 25.1 Å². The van der Waals surface area contributed by atoms with Crippen molar-refractivity contribution in [3.63, 3.8) is 0 Å². The Morgan fingerprint density at radius 2 is 2.00 bits per heavy atom. The second kappa shape index (κ2) is 6.82. The van der Waals surface area contributed by atoms with Crippen LogP contribution in [-0.2, 0) is 0 Å². The number of anilines is 1. The Kier molecular flexibility index (Phi) is 5.72. The van der Waals surface area contributed by atoms with Gasteiger partial charge in [0.05, 0.1) is 0 Å². The summed E-state index contributed by atoms with van der Waals surface area (Å²) in [5.41, 5.74) is 2.09. The fraction of sp³-hybridized carbons (Fsp3) is 0.462. The lowest BCUT2D eigenvalue weighted by atomic mass is 10.2. The molecule has 94 valence electrons. The Morgan fingerprint density at radius 1 is 1.35 bits per heavy atom. The van der Waals surface area contributed by atoms with Crippen LogP contribution in [0.2, 0.25) is 5.02 Å². The monoisotopic (exact) mass is 270 g/mol. The van der Waals surface area contributed by atoms with Crippen LogP contribution in [0.1, 0.15) is 32.3 Å². The fourth-order valence-electron chi connectivity index (χ4n) is 1.57. The molecule has 2 nitrogen and oxygen atoms in total. The number of aryl methyl sites for hydroxylation is 1. The lowest BCUT2D eigenvalue weighted by molar-refractivity contribution is 0.573. The lowest BCUT2D eigenvalue weighted by Crippen LogP contribution is -2.37. The van der Waals surface area contributed by atoms with Crippen LogP contribution in [0.3, 0.4) is 0 Å². The minimum atomic E-state index is 0.425. The maximum absolute atomic E-state index is 5.96. The third-order valence-electron chi connectivity index (χ3n) is 2.77. The smallest absolute Gasteiger partial charge is 0.171 e. The number of rotatable bonds is 4. The van der Waals surface area contributed by atoms with Crippen molar-refractivity contribution in [1.29, 1.82) is 0 Å². The highest BCUT2D eigenvalue weighted by molar-refractivity contribution is 7.80. The standard InChI is InChI=1S/C13H19ClN2S/c1-4-11(5-2)15-13(17)16-12-8-10(14)7-6-9(12)3/h6-8,11H,4-5H2,1-3H3,(H2,15,16,17). The van der Waals surface area contributed by atoms with Crippen molar-refractivity contribution < 1.29 is 0 Å². The molecule has 0 aromatic heterocycles. The predicted octanol–water partition coefficient (Wildman–Crippen LogP) is 4.12. The van der Waals surface area contributed by atoms with Crippen molar-refractivity contribution in [2.24, 2.45) is 0 Å². The lowest BCUT2D eigenvalue weighted by Gasteiger charge is -2.18. The van der Waals surface area contributed by atoms with Gasteiger partial charge in [0.1, 0.15) is 0 Å². The molecule has 0 aliphatic rings. The average molecular weight is 271 g/mol. The zero-order valence-electron chi connectivity index (χ0n) is 10.5. The molecule has 0 aliphatic heterocycles. The molecule has 0 amide bonds. The number of benzene rings is 1. The first-order chi connectivity index (χ1) is 8.06. The summed E-state index contributed by atoms with van der Waals surface area (Å²) in [6, 6.07) is 6.16. The van der Waals surface area contributed by atoms with Gasteiger partial charge < -0.3 is 10.6 Å². The SMILES string of the molecule is CCC(CC)NC(=S)Nc1cc(Cl)ccc1C. The minimum absolute atomic E-state index is 0.425. The molecule has 2 N–H and O–H groups in total. The number of hydrogen-bond donors (Lipinski definition) is 2. The van der Waals surface area contributed by atoms with Crippen LogP contribution < -0.4 is 10.6 Å². The Hall–Kier alpha value is -0.800. The van der Waals surface area contributed by atoms with E-state index in [1.165, 1.54) is 0 Å². The number of hydrogen-bond acceptors (Lipinski definition) is 1. The summed E-state index contributed by atoms with van der Waals surface area (Å²) in [6.07, 6.45) is 2.12. The molecule has 1 aromatic carbocycles. The fourth-order valence-corrected chi connectivity index (χ4v) is 2.01. The first-order valence-electron chi connectivity index (χ1n) is 5.90. The third kappa shape index (κ3) is 4.52. The molecule has 0 saturated heterocycles. The maximum atomic E-state index is 5.96. The topological polar surface area (TPSA) is 24.1 Å². The van der Waals surface area contributed by atoms with E-state index in [1.54, 1.807) is 0 Å². The van der Waals surface area contributed by atoms with Gasteiger partial charge in [0.15, 0.2) is 5.11 Å². The van der Waals surface area contributed by atoms with Crippen molar-refractivity contribution in [3.8, 4) is 0 Å². The summed E-state index contributed by atoms with van der Waals surface area (Å²) in [4.78, 5) is 0. The quantitative estimate of drug-likeness (QED) is 0.805. The van der Waals surface area contributed by atoms with E-state index in [2.05, 4.69) is 24.5 Å². The second-order valence-corrected chi connectivity index (χ2v) is 4.92. The Bertz CT molecular complexity index is 389. The van der Waals surface area contributed by atoms with Crippen molar-refractivity contribution in [2.75, 3.05) is 5.32 Å². The number of thiocarbonyl (C=S) groups is 1. The van der Waals surface area contributed by atoms with Gasteiger partial charge in [-0.15, -0.1) is 0 Å².